The summed E-state index contributed by atoms with van der Waals surface area (Å²) in [6, 6.07) is 18.5. The normalized spacial score (nSPS) is 11.9. The van der Waals surface area contributed by atoms with Crippen molar-refractivity contribution >= 4 is 45.8 Å². The fourth-order valence-corrected chi connectivity index (χ4v) is 4.26. The van der Waals surface area contributed by atoms with Gasteiger partial charge >= 0.3 is 0 Å². The summed E-state index contributed by atoms with van der Waals surface area (Å²) in [5.74, 6) is -8.17. The Morgan fingerprint density at radius 2 is 0.667 bits per heavy atom. The number of benzene rings is 5. The highest BCUT2D eigenvalue weighted by atomic mass is 19.2. The summed E-state index contributed by atoms with van der Waals surface area (Å²) >= 11 is 0. The van der Waals surface area contributed by atoms with Crippen LogP contribution in [0.2, 0.25) is 0 Å². The van der Waals surface area contributed by atoms with Gasteiger partial charge in [0.15, 0.2) is 34.9 Å². The number of halogens is 6. The molecule has 0 atom stereocenters. The monoisotopic (exact) mass is 490 g/mol. The predicted molar refractivity (Wildman–Crippen MR) is 132 cm³/mol. The van der Waals surface area contributed by atoms with Crippen LogP contribution in [0, 0.1) is 34.9 Å². The average Bonchev–Trinajstić information content (AvgIpc) is 2.87. The Balaban J connectivity index is 1.70. The quantitative estimate of drug-likeness (QED) is 0.102. The molecule has 0 aliphatic rings. The average molecular weight is 490 g/mol. The summed E-state index contributed by atoms with van der Waals surface area (Å²) in [6.45, 7) is 0. The third-order valence-corrected chi connectivity index (χ3v) is 5.91. The van der Waals surface area contributed by atoms with E-state index < -0.39 is 34.9 Å². The summed E-state index contributed by atoms with van der Waals surface area (Å²) in [5, 5.41) is 3.25. The van der Waals surface area contributed by atoms with E-state index in [4.69, 9.17) is 0 Å². The van der Waals surface area contributed by atoms with E-state index in [-0.39, 0.29) is 11.1 Å². The van der Waals surface area contributed by atoms with Gasteiger partial charge in [-0.15, -0.1) is 0 Å². The maximum absolute atomic E-state index is 13.7. The lowest BCUT2D eigenvalue weighted by molar-refractivity contribution is 0.447. The van der Waals surface area contributed by atoms with E-state index in [1.807, 2.05) is 48.5 Å². The number of hydrogen-bond acceptors (Lipinski definition) is 0. The second kappa shape index (κ2) is 9.38. The minimum absolute atomic E-state index is 0.156. The Bertz CT molecular complexity index is 1470. The first-order valence-corrected chi connectivity index (χ1v) is 10.9. The van der Waals surface area contributed by atoms with Crippen LogP contribution < -0.4 is 0 Å². The van der Waals surface area contributed by atoms with Crippen LogP contribution in [0.4, 0.5) is 26.3 Å². The molecule has 0 heterocycles. The summed E-state index contributed by atoms with van der Waals surface area (Å²) in [4.78, 5) is 0. The zero-order chi connectivity index (χ0) is 25.4. The largest absolute Gasteiger partial charge is 0.204 e. The molecule has 0 spiro atoms. The van der Waals surface area contributed by atoms with Crippen LogP contribution in [-0.4, -0.2) is 0 Å². The zero-order valence-corrected chi connectivity index (χ0v) is 18.5. The van der Waals surface area contributed by atoms with E-state index in [1.54, 1.807) is 12.2 Å². The molecule has 0 bridgehead atoms. The van der Waals surface area contributed by atoms with Crippen molar-refractivity contribution in [2.45, 2.75) is 0 Å². The van der Waals surface area contributed by atoms with Crippen molar-refractivity contribution in [1.82, 2.24) is 0 Å². The molecule has 0 amide bonds. The SMILES string of the molecule is Fc1cc(/C=C/c2c3ccccc3c(/C=C/c3cc(F)c(F)c(F)c3)c3ccccc23)cc(F)c1F. The molecular formula is C30H16F6. The van der Waals surface area contributed by atoms with Crippen molar-refractivity contribution < 1.29 is 26.3 Å². The molecule has 0 saturated carbocycles. The number of hydrogen-bond donors (Lipinski definition) is 0. The smallest absolute Gasteiger partial charge is 0.194 e. The molecule has 0 saturated heterocycles. The number of fused-ring (bicyclic) bond motifs is 2. The Labute approximate surface area is 202 Å². The second-order valence-corrected chi connectivity index (χ2v) is 8.18. The maximum Gasteiger partial charge on any atom is 0.194 e. The third-order valence-electron chi connectivity index (χ3n) is 5.91. The second-order valence-electron chi connectivity index (χ2n) is 8.18. The molecular weight excluding hydrogens is 474 g/mol. The van der Waals surface area contributed by atoms with Gasteiger partial charge in [0, 0.05) is 0 Å². The summed E-state index contributed by atoms with van der Waals surface area (Å²) in [5.41, 5.74) is 1.84. The van der Waals surface area contributed by atoms with Crippen LogP contribution >= 0.6 is 0 Å². The van der Waals surface area contributed by atoms with Gasteiger partial charge in [0.1, 0.15) is 0 Å². The van der Waals surface area contributed by atoms with Gasteiger partial charge in [-0.3, -0.25) is 0 Å². The van der Waals surface area contributed by atoms with Crippen LogP contribution in [-0.2, 0) is 0 Å². The molecule has 0 radical (unpaired) electrons. The lowest BCUT2D eigenvalue weighted by Crippen LogP contribution is -1.92. The van der Waals surface area contributed by atoms with E-state index in [0.717, 1.165) is 56.9 Å². The first kappa shape index (κ1) is 23.4. The summed E-state index contributed by atoms with van der Waals surface area (Å²) < 4.78 is 81.5. The molecule has 0 aliphatic carbocycles. The molecule has 6 heteroatoms. The molecule has 0 nitrogen and oxygen atoms in total. The van der Waals surface area contributed by atoms with Crippen molar-refractivity contribution in [2.24, 2.45) is 0 Å². The highest BCUT2D eigenvalue weighted by Crippen LogP contribution is 2.35. The van der Waals surface area contributed by atoms with E-state index in [9.17, 15) is 26.3 Å². The van der Waals surface area contributed by atoms with Crippen LogP contribution in [0.3, 0.4) is 0 Å². The Hall–Kier alpha value is -4.32. The third kappa shape index (κ3) is 4.26. The molecule has 5 rings (SSSR count). The summed E-state index contributed by atoms with van der Waals surface area (Å²) in [6.07, 6.45) is 6.41. The van der Waals surface area contributed by atoms with Gasteiger partial charge in [0.25, 0.3) is 0 Å². The standard InChI is InChI=1S/C30H16F6/c31-25-13-17(14-26(32)29(25)35)9-11-23-19-5-1-2-6-20(19)24(22-8-4-3-7-21(22)23)12-10-18-15-27(33)30(36)28(34)16-18/h1-16H/b11-9+,12-10+. The lowest BCUT2D eigenvalue weighted by atomic mass is 9.91. The fourth-order valence-electron chi connectivity index (χ4n) is 4.26. The minimum Gasteiger partial charge on any atom is -0.204 e. The molecule has 178 valence electrons. The summed E-state index contributed by atoms with van der Waals surface area (Å²) in [7, 11) is 0. The molecule has 0 N–H and O–H groups in total. The predicted octanol–water partition coefficient (Wildman–Crippen LogP) is 9.17. The van der Waals surface area contributed by atoms with E-state index in [0.29, 0.717) is 0 Å². The van der Waals surface area contributed by atoms with Gasteiger partial charge in [-0.1, -0.05) is 72.8 Å². The molecule has 0 aliphatic heterocycles. The number of rotatable bonds is 4. The van der Waals surface area contributed by atoms with Crippen LogP contribution in [0.5, 0.6) is 0 Å². The van der Waals surface area contributed by atoms with Crippen molar-refractivity contribution in [3.63, 3.8) is 0 Å². The van der Waals surface area contributed by atoms with E-state index in [1.165, 1.54) is 12.2 Å². The molecule has 5 aromatic carbocycles. The van der Waals surface area contributed by atoms with Gasteiger partial charge in [-0.2, -0.15) is 0 Å². The van der Waals surface area contributed by atoms with Gasteiger partial charge in [-0.25, -0.2) is 26.3 Å². The van der Waals surface area contributed by atoms with Gasteiger partial charge < -0.3 is 0 Å². The van der Waals surface area contributed by atoms with Gasteiger partial charge in [0.05, 0.1) is 0 Å². The van der Waals surface area contributed by atoms with Crippen molar-refractivity contribution in [1.29, 1.82) is 0 Å². The Morgan fingerprint density at radius 3 is 0.944 bits per heavy atom. The first-order chi connectivity index (χ1) is 17.3. The van der Waals surface area contributed by atoms with Crippen molar-refractivity contribution in [3.05, 3.63) is 130 Å². The molecule has 36 heavy (non-hydrogen) atoms. The van der Waals surface area contributed by atoms with Crippen LogP contribution in [0.15, 0.2) is 72.8 Å². The van der Waals surface area contributed by atoms with E-state index in [2.05, 4.69) is 0 Å². The first-order valence-electron chi connectivity index (χ1n) is 10.9. The van der Waals surface area contributed by atoms with E-state index >= 15 is 0 Å². The molecule has 5 aromatic rings. The Kier molecular flexibility index (Phi) is 6.10. The fraction of sp³-hybridized carbons (Fsp3) is 0. The van der Waals surface area contributed by atoms with Crippen LogP contribution in [0.1, 0.15) is 22.3 Å². The maximum atomic E-state index is 13.7. The minimum atomic E-state index is -1.53. The van der Waals surface area contributed by atoms with Crippen molar-refractivity contribution in [3.8, 4) is 0 Å². The lowest BCUT2D eigenvalue weighted by Gasteiger charge is -2.13. The van der Waals surface area contributed by atoms with Crippen molar-refractivity contribution in [2.75, 3.05) is 0 Å². The van der Waals surface area contributed by atoms with Crippen LogP contribution in [0.25, 0.3) is 45.8 Å². The molecule has 0 unspecified atom stereocenters. The van der Waals surface area contributed by atoms with Gasteiger partial charge in [0.2, 0.25) is 0 Å². The zero-order valence-electron chi connectivity index (χ0n) is 18.5. The topological polar surface area (TPSA) is 0 Å². The molecule has 0 aromatic heterocycles. The highest BCUT2D eigenvalue weighted by Gasteiger charge is 2.13. The van der Waals surface area contributed by atoms with Gasteiger partial charge in [-0.05, 0) is 68.1 Å². The Morgan fingerprint density at radius 1 is 0.389 bits per heavy atom. The highest BCUT2D eigenvalue weighted by molar-refractivity contribution is 6.14. The molecule has 0 fully saturated rings.